The predicted molar refractivity (Wildman–Crippen MR) is 104 cm³/mol. The molecule has 0 aliphatic heterocycles. The Morgan fingerprint density at radius 1 is 1.04 bits per heavy atom. The van der Waals surface area contributed by atoms with Crippen LogP contribution >= 0.6 is 11.6 Å². The Kier molecular flexibility index (Phi) is 3.30. The Hall–Kier alpha value is -3.18. The second-order valence-electron chi connectivity index (χ2n) is 6.28. The molecule has 0 aliphatic rings. The van der Waals surface area contributed by atoms with E-state index in [9.17, 15) is 0 Å². The Balaban J connectivity index is 1.73. The quantitative estimate of drug-likeness (QED) is 0.459. The van der Waals surface area contributed by atoms with Gasteiger partial charge in [0.1, 0.15) is 5.69 Å². The molecule has 2 aromatic carbocycles. The van der Waals surface area contributed by atoms with Crippen molar-refractivity contribution in [1.82, 2.24) is 25.1 Å². The van der Waals surface area contributed by atoms with Crippen molar-refractivity contribution < 1.29 is 0 Å². The molecule has 6 heteroatoms. The van der Waals surface area contributed by atoms with Gasteiger partial charge in [-0.15, -0.1) is 0 Å². The smallest absolute Gasteiger partial charge is 0.181 e. The van der Waals surface area contributed by atoms with Crippen molar-refractivity contribution >= 4 is 33.7 Å². The predicted octanol–water partition coefficient (Wildman–Crippen LogP) is 5.13. The van der Waals surface area contributed by atoms with E-state index in [0.29, 0.717) is 10.7 Å². The first kappa shape index (κ1) is 15.1. The molecule has 5 rings (SSSR count). The molecular formula is C20H14ClN5. The number of fused-ring (bicyclic) bond motifs is 2. The zero-order valence-electron chi connectivity index (χ0n) is 13.9. The van der Waals surface area contributed by atoms with Gasteiger partial charge in [-0.05, 0) is 42.3 Å². The highest BCUT2D eigenvalue weighted by Gasteiger charge is 2.15. The van der Waals surface area contributed by atoms with E-state index >= 15 is 0 Å². The zero-order valence-corrected chi connectivity index (χ0v) is 14.7. The second-order valence-corrected chi connectivity index (χ2v) is 6.72. The number of imidazole rings is 1. The minimum atomic E-state index is 0.682. The first-order chi connectivity index (χ1) is 12.7. The first-order valence-electron chi connectivity index (χ1n) is 8.25. The molecule has 2 N–H and O–H groups in total. The van der Waals surface area contributed by atoms with Crippen LogP contribution < -0.4 is 0 Å². The van der Waals surface area contributed by atoms with Crippen LogP contribution in [0.2, 0.25) is 5.02 Å². The lowest BCUT2D eigenvalue weighted by molar-refractivity contribution is 1.09. The summed E-state index contributed by atoms with van der Waals surface area (Å²) in [5.74, 6) is 0.740. The van der Waals surface area contributed by atoms with Crippen molar-refractivity contribution in [2.24, 2.45) is 0 Å². The third-order valence-electron chi connectivity index (χ3n) is 4.43. The summed E-state index contributed by atoms with van der Waals surface area (Å²) in [7, 11) is 0. The molecule has 0 atom stereocenters. The normalized spacial score (nSPS) is 11.5. The lowest BCUT2D eigenvalue weighted by Crippen LogP contribution is -1.83. The van der Waals surface area contributed by atoms with Gasteiger partial charge in [0.05, 0.1) is 16.4 Å². The van der Waals surface area contributed by atoms with Crippen molar-refractivity contribution in [1.29, 1.82) is 0 Å². The molecule has 126 valence electrons. The summed E-state index contributed by atoms with van der Waals surface area (Å²) in [5, 5.41) is 9.00. The summed E-state index contributed by atoms with van der Waals surface area (Å²) in [5.41, 5.74) is 6.52. The number of H-pyrrole nitrogens is 2. The molecule has 0 amide bonds. The number of aromatic nitrogens is 5. The number of rotatable bonds is 2. The van der Waals surface area contributed by atoms with Gasteiger partial charge >= 0.3 is 0 Å². The van der Waals surface area contributed by atoms with E-state index in [1.54, 1.807) is 0 Å². The molecule has 0 radical (unpaired) electrons. The lowest BCUT2D eigenvalue weighted by atomic mass is 10.0. The molecule has 0 saturated carbocycles. The van der Waals surface area contributed by atoms with Gasteiger partial charge < -0.3 is 4.98 Å². The fourth-order valence-corrected chi connectivity index (χ4v) is 3.41. The molecular weight excluding hydrogens is 346 g/mol. The lowest BCUT2D eigenvalue weighted by Gasteiger charge is -2.02. The van der Waals surface area contributed by atoms with Crippen LogP contribution in [0.25, 0.3) is 44.7 Å². The Bertz CT molecular complexity index is 1270. The molecule has 5 nitrogen and oxygen atoms in total. The maximum atomic E-state index is 6.16. The third-order valence-corrected chi connectivity index (χ3v) is 4.67. The van der Waals surface area contributed by atoms with E-state index in [0.717, 1.165) is 44.6 Å². The number of aryl methyl sites for hydroxylation is 1. The highest BCUT2D eigenvalue weighted by Crippen LogP contribution is 2.32. The minimum absolute atomic E-state index is 0.682. The average molecular weight is 360 g/mol. The number of hydrogen-bond acceptors (Lipinski definition) is 3. The molecule has 0 saturated heterocycles. The van der Waals surface area contributed by atoms with Crippen LogP contribution in [0.1, 0.15) is 5.56 Å². The van der Waals surface area contributed by atoms with Gasteiger partial charge in [-0.1, -0.05) is 35.9 Å². The highest BCUT2D eigenvalue weighted by molar-refractivity contribution is 6.30. The standard InChI is InChI=1S/C20H14ClN5/c1-11-8-15-18(25-26-19(15)22-10-11)20-23-16-7-3-6-14(17(16)24-20)12-4-2-5-13(21)9-12/h2-10H,1H3,(H,23,24)(H,22,25,26). The number of benzene rings is 2. The van der Waals surface area contributed by atoms with Crippen LogP contribution in [0.5, 0.6) is 0 Å². The van der Waals surface area contributed by atoms with Gasteiger partial charge in [-0.2, -0.15) is 5.10 Å². The van der Waals surface area contributed by atoms with Crippen molar-refractivity contribution in [2.75, 3.05) is 0 Å². The topological polar surface area (TPSA) is 70.2 Å². The van der Waals surface area contributed by atoms with Crippen molar-refractivity contribution in [3.8, 4) is 22.6 Å². The largest absolute Gasteiger partial charge is 0.337 e. The minimum Gasteiger partial charge on any atom is -0.337 e. The van der Waals surface area contributed by atoms with Crippen LogP contribution in [0, 0.1) is 6.92 Å². The highest BCUT2D eigenvalue weighted by atomic mass is 35.5. The summed E-state index contributed by atoms with van der Waals surface area (Å²) >= 11 is 6.16. The molecule has 0 bridgehead atoms. The molecule has 0 unspecified atom stereocenters. The third kappa shape index (κ3) is 2.36. The summed E-state index contributed by atoms with van der Waals surface area (Å²) in [6.45, 7) is 2.01. The van der Waals surface area contributed by atoms with Gasteiger partial charge in [0, 0.05) is 16.8 Å². The summed E-state index contributed by atoms with van der Waals surface area (Å²) in [6, 6.07) is 15.9. The van der Waals surface area contributed by atoms with E-state index in [1.807, 2.05) is 49.5 Å². The monoisotopic (exact) mass is 359 g/mol. The fraction of sp³-hybridized carbons (Fsp3) is 0.0500. The summed E-state index contributed by atoms with van der Waals surface area (Å²) < 4.78 is 0. The van der Waals surface area contributed by atoms with Gasteiger partial charge in [-0.3, -0.25) is 5.10 Å². The van der Waals surface area contributed by atoms with Crippen LogP contribution in [0.4, 0.5) is 0 Å². The number of aromatic amines is 2. The van der Waals surface area contributed by atoms with Gasteiger partial charge in [0.15, 0.2) is 11.5 Å². The van der Waals surface area contributed by atoms with E-state index in [2.05, 4.69) is 32.3 Å². The summed E-state index contributed by atoms with van der Waals surface area (Å²) in [4.78, 5) is 12.6. The maximum Gasteiger partial charge on any atom is 0.181 e. The van der Waals surface area contributed by atoms with Gasteiger partial charge in [-0.25, -0.2) is 9.97 Å². The second kappa shape index (κ2) is 5.68. The zero-order chi connectivity index (χ0) is 17.7. The molecule has 3 heterocycles. The Morgan fingerprint density at radius 3 is 2.81 bits per heavy atom. The fourth-order valence-electron chi connectivity index (χ4n) is 3.22. The average Bonchev–Trinajstić information content (AvgIpc) is 3.24. The van der Waals surface area contributed by atoms with Crippen molar-refractivity contribution in [3.05, 3.63) is 65.3 Å². The number of halogens is 1. The molecule has 0 fully saturated rings. The SMILES string of the molecule is Cc1cnc2n[nH]c(-c3nc4c(-c5cccc(Cl)c5)cccc4[nH]3)c2c1. The number of nitrogens with zero attached hydrogens (tertiary/aromatic N) is 3. The van der Waals surface area contributed by atoms with E-state index in [-0.39, 0.29) is 0 Å². The molecule has 0 aliphatic carbocycles. The van der Waals surface area contributed by atoms with Crippen LogP contribution in [-0.4, -0.2) is 25.1 Å². The summed E-state index contributed by atoms with van der Waals surface area (Å²) in [6.07, 6.45) is 1.81. The number of pyridine rings is 1. The van der Waals surface area contributed by atoms with Gasteiger partial charge in [0.25, 0.3) is 0 Å². The Labute approximate surface area is 154 Å². The number of para-hydroxylation sites is 1. The molecule has 5 aromatic rings. The van der Waals surface area contributed by atoms with E-state index < -0.39 is 0 Å². The number of nitrogens with one attached hydrogen (secondary N) is 2. The van der Waals surface area contributed by atoms with Crippen LogP contribution in [-0.2, 0) is 0 Å². The van der Waals surface area contributed by atoms with Crippen molar-refractivity contribution in [3.63, 3.8) is 0 Å². The Morgan fingerprint density at radius 2 is 1.92 bits per heavy atom. The van der Waals surface area contributed by atoms with Crippen LogP contribution in [0.3, 0.4) is 0 Å². The maximum absolute atomic E-state index is 6.16. The van der Waals surface area contributed by atoms with Crippen molar-refractivity contribution in [2.45, 2.75) is 6.92 Å². The molecule has 0 spiro atoms. The van der Waals surface area contributed by atoms with E-state index in [4.69, 9.17) is 16.6 Å². The van der Waals surface area contributed by atoms with Gasteiger partial charge in [0.2, 0.25) is 0 Å². The molecule has 3 aromatic heterocycles. The van der Waals surface area contributed by atoms with Crippen LogP contribution in [0.15, 0.2) is 54.7 Å². The first-order valence-corrected chi connectivity index (χ1v) is 8.62. The number of hydrogen-bond donors (Lipinski definition) is 2. The van der Waals surface area contributed by atoms with E-state index in [1.165, 1.54) is 0 Å². The molecule has 26 heavy (non-hydrogen) atoms.